The lowest BCUT2D eigenvalue weighted by Crippen LogP contribution is -2.61. The number of ether oxygens (including phenoxy) is 3. The van der Waals surface area contributed by atoms with Crippen LogP contribution in [0, 0.1) is 0 Å². The second-order valence-electron chi connectivity index (χ2n) is 6.65. The predicted molar refractivity (Wildman–Crippen MR) is 91.2 cm³/mol. The van der Waals surface area contributed by atoms with Crippen molar-refractivity contribution in [2.75, 3.05) is 13.1 Å². The van der Waals surface area contributed by atoms with Gasteiger partial charge in [0.15, 0.2) is 11.5 Å². The molecule has 0 radical (unpaired) electrons. The van der Waals surface area contributed by atoms with Crippen LogP contribution in [0.1, 0.15) is 12.5 Å². The molecule has 1 saturated heterocycles. The average Bonchev–Trinajstić information content (AvgIpc) is 2.62. The van der Waals surface area contributed by atoms with E-state index < -0.39 is 35.9 Å². The number of carbonyl (C=O) groups is 1. The van der Waals surface area contributed by atoms with Crippen molar-refractivity contribution in [3.8, 4) is 17.4 Å². The fourth-order valence-corrected chi connectivity index (χ4v) is 3.12. The van der Waals surface area contributed by atoms with E-state index >= 15 is 0 Å². The summed E-state index contributed by atoms with van der Waals surface area (Å²) < 4.78 is 55.9. The number of nitrogens with zero attached hydrogens (tertiary/aromatic N) is 2. The highest BCUT2D eigenvalue weighted by Crippen LogP contribution is 2.36. The molecule has 1 aromatic heterocycles. The highest BCUT2D eigenvalue weighted by molar-refractivity contribution is 5.83. The molecule has 0 spiro atoms. The molecule has 1 fully saturated rings. The Bertz CT molecular complexity index is 883. The van der Waals surface area contributed by atoms with E-state index in [2.05, 4.69) is 4.98 Å². The second kappa shape index (κ2) is 6.88. The summed E-state index contributed by atoms with van der Waals surface area (Å²) in [4.78, 5) is 17.8. The number of alkyl halides is 3. The topological polar surface area (TPSA) is 60.9 Å². The fraction of sp³-hybridized carbons (Fsp3) is 0.368. The van der Waals surface area contributed by atoms with E-state index in [1.165, 1.54) is 17.2 Å². The number of aromatic nitrogens is 1. The minimum absolute atomic E-state index is 0.154. The van der Waals surface area contributed by atoms with Crippen LogP contribution in [0.15, 0.2) is 42.6 Å². The van der Waals surface area contributed by atoms with Gasteiger partial charge in [0.2, 0.25) is 12.0 Å². The van der Waals surface area contributed by atoms with Crippen molar-refractivity contribution < 1.29 is 32.2 Å². The summed E-state index contributed by atoms with van der Waals surface area (Å²) in [6, 6.07) is 9.16. The van der Waals surface area contributed by atoms with Gasteiger partial charge in [0.25, 0.3) is 5.91 Å². The van der Waals surface area contributed by atoms with Crippen LogP contribution in [0.3, 0.4) is 0 Å². The molecular weight excluding hydrogens is 377 g/mol. The summed E-state index contributed by atoms with van der Waals surface area (Å²) >= 11 is 0. The molecule has 0 bridgehead atoms. The molecule has 2 unspecified atom stereocenters. The van der Waals surface area contributed by atoms with Crippen LogP contribution in [-0.4, -0.2) is 47.2 Å². The summed E-state index contributed by atoms with van der Waals surface area (Å²) in [5.74, 6) is 0.278. The van der Waals surface area contributed by atoms with Gasteiger partial charge in [-0.2, -0.15) is 13.2 Å². The standard InChI is InChI=1S/C19H17F3N2O4/c1-11-16(28-15-7-3-2-6-14(15)26-11)18(25)24-9-12(10-24)27-17-13(19(20,21)22)5-4-8-23-17/h2-8,11-12,16H,9-10H2,1H3. The van der Waals surface area contributed by atoms with Crippen molar-refractivity contribution in [2.45, 2.75) is 31.4 Å². The zero-order valence-corrected chi connectivity index (χ0v) is 14.8. The van der Waals surface area contributed by atoms with Crippen molar-refractivity contribution in [3.63, 3.8) is 0 Å². The van der Waals surface area contributed by atoms with Gasteiger partial charge in [-0.1, -0.05) is 12.1 Å². The van der Waals surface area contributed by atoms with E-state index in [0.717, 1.165) is 6.07 Å². The van der Waals surface area contributed by atoms with Crippen LogP contribution in [0.25, 0.3) is 0 Å². The van der Waals surface area contributed by atoms with Crippen LogP contribution < -0.4 is 14.2 Å². The zero-order chi connectivity index (χ0) is 19.9. The Morgan fingerprint density at radius 1 is 1.14 bits per heavy atom. The molecule has 0 saturated carbocycles. The summed E-state index contributed by atoms with van der Waals surface area (Å²) in [6.07, 6.45) is -5.20. The maximum atomic E-state index is 13.0. The third-order valence-electron chi connectivity index (χ3n) is 4.60. The number of likely N-dealkylation sites (tertiary alicyclic amines) is 1. The van der Waals surface area contributed by atoms with E-state index in [-0.39, 0.29) is 19.0 Å². The Labute approximate surface area is 158 Å². The predicted octanol–water partition coefficient (Wildman–Crippen LogP) is 2.92. The van der Waals surface area contributed by atoms with Crippen molar-refractivity contribution in [3.05, 3.63) is 48.2 Å². The number of fused-ring (bicyclic) bond motifs is 1. The minimum atomic E-state index is -4.56. The number of rotatable bonds is 3. The van der Waals surface area contributed by atoms with Gasteiger partial charge in [0.1, 0.15) is 17.8 Å². The number of hydrogen-bond acceptors (Lipinski definition) is 5. The second-order valence-corrected chi connectivity index (χ2v) is 6.65. The molecule has 1 amide bonds. The highest BCUT2D eigenvalue weighted by Gasteiger charge is 2.43. The molecule has 148 valence electrons. The van der Waals surface area contributed by atoms with Crippen LogP contribution >= 0.6 is 0 Å². The van der Waals surface area contributed by atoms with Crippen molar-refractivity contribution >= 4 is 5.91 Å². The molecule has 3 heterocycles. The first-order chi connectivity index (χ1) is 13.3. The van der Waals surface area contributed by atoms with E-state index in [1.54, 1.807) is 31.2 Å². The van der Waals surface area contributed by atoms with Gasteiger partial charge in [0.05, 0.1) is 13.1 Å². The number of pyridine rings is 1. The Morgan fingerprint density at radius 2 is 1.82 bits per heavy atom. The van der Waals surface area contributed by atoms with Gasteiger partial charge in [0, 0.05) is 6.20 Å². The van der Waals surface area contributed by atoms with Crippen molar-refractivity contribution in [2.24, 2.45) is 0 Å². The van der Waals surface area contributed by atoms with Gasteiger partial charge in [-0.15, -0.1) is 0 Å². The van der Waals surface area contributed by atoms with Gasteiger partial charge < -0.3 is 19.1 Å². The lowest BCUT2D eigenvalue weighted by molar-refractivity contribution is -0.155. The third-order valence-corrected chi connectivity index (χ3v) is 4.60. The van der Waals surface area contributed by atoms with Gasteiger partial charge in [-0.25, -0.2) is 4.98 Å². The first-order valence-electron chi connectivity index (χ1n) is 8.73. The quantitative estimate of drug-likeness (QED) is 0.801. The summed E-state index contributed by atoms with van der Waals surface area (Å²) in [5, 5.41) is 0. The van der Waals surface area contributed by atoms with Gasteiger partial charge >= 0.3 is 6.18 Å². The van der Waals surface area contributed by atoms with Crippen LogP contribution in [0.2, 0.25) is 0 Å². The third kappa shape index (κ3) is 3.44. The molecule has 28 heavy (non-hydrogen) atoms. The molecule has 9 heteroatoms. The Balaban J connectivity index is 1.38. The van der Waals surface area contributed by atoms with E-state index in [9.17, 15) is 18.0 Å². The maximum absolute atomic E-state index is 13.0. The van der Waals surface area contributed by atoms with E-state index in [1.807, 2.05) is 0 Å². The maximum Gasteiger partial charge on any atom is 0.421 e. The molecule has 6 nitrogen and oxygen atoms in total. The highest BCUT2D eigenvalue weighted by atomic mass is 19.4. The summed E-state index contributed by atoms with van der Waals surface area (Å²) in [5.41, 5.74) is -0.936. The molecule has 2 aromatic rings. The molecule has 1 aromatic carbocycles. The normalized spacial score (nSPS) is 21.8. The monoisotopic (exact) mass is 394 g/mol. The van der Waals surface area contributed by atoms with Crippen molar-refractivity contribution in [1.29, 1.82) is 0 Å². The summed E-state index contributed by atoms with van der Waals surface area (Å²) in [7, 11) is 0. The zero-order valence-electron chi connectivity index (χ0n) is 14.8. The lowest BCUT2D eigenvalue weighted by atomic mass is 10.1. The minimum Gasteiger partial charge on any atom is -0.482 e. The van der Waals surface area contributed by atoms with E-state index in [0.29, 0.717) is 11.5 Å². The molecule has 2 aliphatic heterocycles. The van der Waals surface area contributed by atoms with Crippen LogP contribution in [0.4, 0.5) is 13.2 Å². The summed E-state index contributed by atoms with van der Waals surface area (Å²) in [6.45, 7) is 2.04. The molecule has 2 aliphatic rings. The SMILES string of the molecule is CC1Oc2ccccc2OC1C(=O)N1CC(Oc2ncccc2C(F)(F)F)C1. The molecule has 2 atom stereocenters. The first-order valence-corrected chi connectivity index (χ1v) is 8.73. The molecule has 0 aliphatic carbocycles. The number of halogens is 3. The Hall–Kier alpha value is -2.97. The lowest BCUT2D eigenvalue weighted by Gasteiger charge is -2.42. The number of carbonyl (C=O) groups excluding carboxylic acids is 1. The average molecular weight is 394 g/mol. The van der Waals surface area contributed by atoms with Gasteiger partial charge in [-0.3, -0.25) is 4.79 Å². The number of amides is 1. The fourth-order valence-electron chi connectivity index (χ4n) is 3.12. The number of hydrogen-bond donors (Lipinski definition) is 0. The van der Waals surface area contributed by atoms with Crippen LogP contribution in [0.5, 0.6) is 17.4 Å². The molecule has 4 rings (SSSR count). The number of benzene rings is 1. The smallest absolute Gasteiger partial charge is 0.421 e. The molecular formula is C19H17F3N2O4. The van der Waals surface area contributed by atoms with Crippen molar-refractivity contribution in [1.82, 2.24) is 9.88 Å². The van der Waals surface area contributed by atoms with Crippen LogP contribution in [-0.2, 0) is 11.0 Å². The Kier molecular flexibility index (Phi) is 4.52. The van der Waals surface area contributed by atoms with Gasteiger partial charge in [-0.05, 0) is 31.2 Å². The first kappa shape index (κ1) is 18.4. The largest absolute Gasteiger partial charge is 0.482 e. The number of para-hydroxylation sites is 2. The Morgan fingerprint density at radius 3 is 2.50 bits per heavy atom. The molecule has 0 N–H and O–H groups in total. The van der Waals surface area contributed by atoms with E-state index in [4.69, 9.17) is 14.2 Å².